The zero-order valence-corrected chi connectivity index (χ0v) is 14.1. The van der Waals surface area contributed by atoms with E-state index in [2.05, 4.69) is 25.8 Å². The van der Waals surface area contributed by atoms with Crippen LogP contribution in [0.3, 0.4) is 0 Å². The second kappa shape index (κ2) is 8.18. The average Bonchev–Trinajstić information content (AvgIpc) is 2.90. The van der Waals surface area contributed by atoms with E-state index in [0.29, 0.717) is 12.5 Å². The Bertz CT molecular complexity index is 514. The van der Waals surface area contributed by atoms with Gasteiger partial charge in [0.15, 0.2) is 5.96 Å². The molecule has 1 aromatic heterocycles. The van der Waals surface area contributed by atoms with E-state index in [-0.39, 0.29) is 0 Å². The van der Waals surface area contributed by atoms with Gasteiger partial charge >= 0.3 is 0 Å². The number of guanidine groups is 1. The molecule has 0 amide bonds. The molecular weight excluding hydrogens is 286 g/mol. The Hall–Kier alpha value is -1.78. The molecule has 2 fully saturated rings. The van der Waals surface area contributed by atoms with Crippen LogP contribution >= 0.6 is 0 Å². The van der Waals surface area contributed by atoms with Gasteiger partial charge in [-0.3, -0.25) is 0 Å². The molecule has 5 heteroatoms. The molecular formula is C18H29N5. The summed E-state index contributed by atoms with van der Waals surface area (Å²) in [4.78, 5) is 13.8. The molecule has 0 spiro atoms. The first-order chi connectivity index (χ1) is 11.3. The Morgan fingerprint density at radius 1 is 1.00 bits per heavy atom. The summed E-state index contributed by atoms with van der Waals surface area (Å²) < 4.78 is 0. The third kappa shape index (κ3) is 4.60. The molecule has 126 valence electrons. The summed E-state index contributed by atoms with van der Waals surface area (Å²) in [5.74, 6) is 1.79. The first-order valence-corrected chi connectivity index (χ1v) is 9.08. The number of aliphatic imine (C=N–C) groups is 1. The number of hydrogen-bond donors (Lipinski definition) is 1. The van der Waals surface area contributed by atoms with Gasteiger partial charge in [0, 0.05) is 32.4 Å². The molecule has 2 aliphatic heterocycles. The fraction of sp³-hybridized carbons (Fsp3) is 0.667. The van der Waals surface area contributed by atoms with E-state index < -0.39 is 0 Å². The lowest BCUT2D eigenvalue weighted by Gasteiger charge is -2.27. The summed E-state index contributed by atoms with van der Waals surface area (Å²) in [5, 5.41) is 0. The third-order valence-corrected chi connectivity index (χ3v) is 4.84. The van der Waals surface area contributed by atoms with Gasteiger partial charge in [-0.25, -0.2) is 9.98 Å². The van der Waals surface area contributed by atoms with E-state index in [1.54, 1.807) is 0 Å². The molecule has 1 aromatic rings. The van der Waals surface area contributed by atoms with Gasteiger partial charge in [0.25, 0.3) is 0 Å². The number of nitrogens with two attached hydrogens (primary N) is 1. The van der Waals surface area contributed by atoms with Crippen LogP contribution in [-0.2, 0) is 6.54 Å². The highest BCUT2D eigenvalue weighted by atomic mass is 15.2. The van der Waals surface area contributed by atoms with Crippen molar-refractivity contribution in [1.29, 1.82) is 0 Å². The standard InChI is InChI=1S/C18H29N5/c19-18(23-12-4-1-2-5-13-23)21-15-16-8-9-20-17(14-16)22-10-6-3-7-11-22/h8-9,14H,1-7,10-13,15H2,(H2,19,21). The number of nitrogens with zero attached hydrogens (tertiary/aromatic N) is 4. The first kappa shape index (κ1) is 16.1. The van der Waals surface area contributed by atoms with Crippen LogP contribution in [0.15, 0.2) is 23.3 Å². The van der Waals surface area contributed by atoms with Crippen molar-refractivity contribution in [3.8, 4) is 0 Å². The third-order valence-electron chi connectivity index (χ3n) is 4.84. The Labute approximate surface area is 139 Å². The van der Waals surface area contributed by atoms with Gasteiger partial charge in [0.1, 0.15) is 5.82 Å². The number of aromatic nitrogens is 1. The highest BCUT2D eigenvalue weighted by Crippen LogP contribution is 2.18. The number of likely N-dealkylation sites (tertiary alicyclic amines) is 1. The molecule has 0 saturated carbocycles. The molecule has 3 rings (SSSR count). The van der Waals surface area contributed by atoms with E-state index in [9.17, 15) is 0 Å². The Balaban J connectivity index is 1.61. The van der Waals surface area contributed by atoms with Gasteiger partial charge in [0.2, 0.25) is 0 Å². The van der Waals surface area contributed by atoms with E-state index in [1.165, 1.54) is 50.5 Å². The van der Waals surface area contributed by atoms with Crippen LogP contribution in [0.25, 0.3) is 0 Å². The maximum Gasteiger partial charge on any atom is 0.191 e. The quantitative estimate of drug-likeness (QED) is 0.688. The molecule has 2 aliphatic rings. The molecule has 0 aromatic carbocycles. The minimum absolute atomic E-state index is 0.645. The molecule has 2 saturated heterocycles. The number of anilines is 1. The lowest BCUT2D eigenvalue weighted by molar-refractivity contribution is 0.428. The number of rotatable bonds is 3. The van der Waals surface area contributed by atoms with Crippen molar-refractivity contribution in [3.05, 3.63) is 23.9 Å². The van der Waals surface area contributed by atoms with E-state index in [4.69, 9.17) is 5.73 Å². The fourth-order valence-corrected chi connectivity index (χ4v) is 3.43. The Morgan fingerprint density at radius 3 is 2.39 bits per heavy atom. The molecule has 0 aliphatic carbocycles. The van der Waals surface area contributed by atoms with Gasteiger partial charge in [-0.15, -0.1) is 0 Å². The summed E-state index contributed by atoms with van der Waals surface area (Å²) in [6.45, 7) is 4.98. The van der Waals surface area contributed by atoms with Crippen molar-refractivity contribution in [2.75, 3.05) is 31.1 Å². The van der Waals surface area contributed by atoms with Crippen LogP contribution < -0.4 is 10.6 Å². The predicted molar refractivity (Wildman–Crippen MR) is 95.7 cm³/mol. The van der Waals surface area contributed by atoms with E-state index in [0.717, 1.165) is 32.0 Å². The van der Waals surface area contributed by atoms with Crippen molar-refractivity contribution in [2.24, 2.45) is 10.7 Å². The fourth-order valence-electron chi connectivity index (χ4n) is 3.43. The molecule has 3 heterocycles. The summed E-state index contributed by atoms with van der Waals surface area (Å²) in [6, 6.07) is 4.22. The minimum Gasteiger partial charge on any atom is -0.370 e. The van der Waals surface area contributed by atoms with Crippen LogP contribution in [0.2, 0.25) is 0 Å². The van der Waals surface area contributed by atoms with Crippen LogP contribution in [-0.4, -0.2) is 42.0 Å². The highest BCUT2D eigenvalue weighted by molar-refractivity contribution is 5.78. The van der Waals surface area contributed by atoms with Gasteiger partial charge in [-0.1, -0.05) is 12.8 Å². The lowest BCUT2D eigenvalue weighted by atomic mass is 10.1. The Morgan fingerprint density at radius 2 is 1.65 bits per heavy atom. The van der Waals surface area contributed by atoms with E-state index in [1.807, 2.05) is 12.3 Å². The van der Waals surface area contributed by atoms with Crippen LogP contribution in [0, 0.1) is 0 Å². The normalized spacial score (nSPS) is 20.4. The zero-order chi connectivity index (χ0) is 15.9. The SMILES string of the molecule is NC(=NCc1ccnc(N2CCCCC2)c1)N1CCCCCC1. The topological polar surface area (TPSA) is 57.8 Å². The van der Waals surface area contributed by atoms with Crippen molar-refractivity contribution >= 4 is 11.8 Å². The molecule has 23 heavy (non-hydrogen) atoms. The monoisotopic (exact) mass is 315 g/mol. The lowest BCUT2D eigenvalue weighted by Crippen LogP contribution is -2.38. The van der Waals surface area contributed by atoms with Crippen molar-refractivity contribution in [1.82, 2.24) is 9.88 Å². The molecule has 0 unspecified atom stereocenters. The maximum atomic E-state index is 6.20. The smallest absolute Gasteiger partial charge is 0.191 e. The molecule has 0 radical (unpaired) electrons. The Kier molecular flexibility index (Phi) is 5.72. The molecule has 2 N–H and O–H groups in total. The second-order valence-corrected chi connectivity index (χ2v) is 6.65. The van der Waals surface area contributed by atoms with Gasteiger partial charge in [-0.05, 0) is 49.8 Å². The molecule has 0 atom stereocenters. The minimum atomic E-state index is 0.645. The van der Waals surface area contributed by atoms with Gasteiger partial charge in [-0.2, -0.15) is 0 Å². The van der Waals surface area contributed by atoms with Crippen molar-refractivity contribution in [2.45, 2.75) is 51.5 Å². The number of pyridine rings is 1. The van der Waals surface area contributed by atoms with Crippen LogP contribution in [0.4, 0.5) is 5.82 Å². The molecule has 0 bridgehead atoms. The summed E-state index contributed by atoms with van der Waals surface area (Å²) in [5.41, 5.74) is 7.39. The highest BCUT2D eigenvalue weighted by Gasteiger charge is 2.13. The number of piperidine rings is 1. The first-order valence-electron chi connectivity index (χ1n) is 9.08. The maximum absolute atomic E-state index is 6.20. The van der Waals surface area contributed by atoms with Gasteiger partial charge in [0.05, 0.1) is 6.54 Å². The van der Waals surface area contributed by atoms with Crippen molar-refractivity contribution in [3.63, 3.8) is 0 Å². The van der Waals surface area contributed by atoms with Crippen molar-refractivity contribution < 1.29 is 0 Å². The predicted octanol–water partition coefficient (Wildman–Crippen LogP) is 2.76. The summed E-state index contributed by atoms with van der Waals surface area (Å²) in [7, 11) is 0. The average molecular weight is 315 g/mol. The number of hydrogen-bond acceptors (Lipinski definition) is 3. The van der Waals surface area contributed by atoms with E-state index >= 15 is 0 Å². The summed E-state index contributed by atoms with van der Waals surface area (Å²) in [6.07, 6.45) is 10.9. The van der Waals surface area contributed by atoms with Crippen LogP contribution in [0.5, 0.6) is 0 Å². The largest absolute Gasteiger partial charge is 0.370 e. The zero-order valence-electron chi connectivity index (χ0n) is 14.1. The molecule has 5 nitrogen and oxygen atoms in total. The second-order valence-electron chi connectivity index (χ2n) is 6.65. The summed E-state index contributed by atoms with van der Waals surface area (Å²) >= 11 is 0. The van der Waals surface area contributed by atoms with Crippen LogP contribution in [0.1, 0.15) is 50.5 Å². The van der Waals surface area contributed by atoms with Gasteiger partial charge < -0.3 is 15.5 Å².